The molecule has 1 aromatic heterocycles. The fourth-order valence-electron chi connectivity index (χ4n) is 3.11. The number of nitrogens with one attached hydrogen (secondary N) is 2. The number of anilines is 1. The first kappa shape index (κ1) is 13.9. The maximum atomic E-state index is 11.4. The third kappa shape index (κ3) is 3.18. The summed E-state index contributed by atoms with van der Waals surface area (Å²) in [5.41, 5.74) is 4.86. The lowest BCUT2D eigenvalue weighted by Crippen LogP contribution is -2.21. The number of pyridine rings is 1. The molecule has 0 saturated carbocycles. The van der Waals surface area contributed by atoms with E-state index in [0.717, 1.165) is 37.1 Å². The summed E-state index contributed by atoms with van der Waals surface area (Å²) in [5, 5.41) is 3.60. The molecule has 3 rings (SSSR count). The zero-order valence-corrected chi connectivity index (χ0v) is 12.5. The maximum Gasteiger partial charge on any atom is 0.248 e. The van der Waals surface area contributed by atoms with Gasteiger partial charge >= 0.3 is 0 Å². The maximum absolute atomic E-state index is 11.4. The Morgan fingerprint density at radius 1 is 1.19 bits per heavy atom. The molecule has 1 aliphatic rings. The van der Waals surface area contributed by atoms with Crippen LogP contribution < -0.4 is 10.9 Å². The van der Waals surface area contributed by atoms with E-state index in [1.54, 1.807) is 6.07 Å². The van der Waals surface area contributed by atoms with E-state index in [4.69, 9.17) is 0 Å². The van der Waals surface area contributed by atoms with E-state index in [1.807, 2.05) is 6.07 Å². The van der Waals surface area contributed by atoms with Gasteiger partial charge in [0.2, 0.25) is 5.56 Å². The van der Waals surface area contributed by atoms with Crippen molar-refractivity contribution in [1.29, 1.82) is 0 Å². The number of aromatic nitrogens is 1. The first-order chi connectivity index (χ1) is 10.3. The van der Waals surface area contributed by atoms with Gasteiger partial charge in [-0.25, -0.2) is 0 Å². The number of rotatable bonds is 4. The lowest BCUT2D eigenvalue weighted by atomic mass is 9.91. The van der Waals surface area contributed by atoms with Crippen LogP contribution in [-0.4, -0.2) is 4.98 Å². The topological polar surface area (TPSA) is 44.9 Å². The van der Waals surface area contributed by atoms with Crippen LogP contribution in [-0.2, 0) is 12.8 Å². The fraction of sp³-hybridized carbons (Fsp3) is 0.389. The molecular weight excluding hydrogens is 260 g/mol. The summed E-state index contributed by atoms with van der Waals surface area (Å²) in [5.74, 6) is 0. The van der Waals surface area contributed by atoms with Gasteiger partial charge in [-0.1, -0.05) is 25.5 Å². The first-order valence-electron chi connectivity index (χ1n) is 7.84. The molecule has 21 heavy (non-hydrogen) atoms. The van der Waals surface area contributed by atoms with E-state index in [-0.39, 0.29) is 5.56 Å². The van der Waals surface area contributed by atoms with Gasteiger partial charge in [0, 0.05) is 17.4 Å². The molecule has 2 aromatic rings. The number of benzene rings is 1. The average molecular weight is 282 g/mol. The van der Waals surface area contributed by atoms with Crippen molar-refractivity contribution in [3.05, 3.63) is 63.6 Å². The van der Waals surface area contributed by atoms with Gasteiger partial charge in [-0.2, -0.15) is 0 Å². The largest absolute Gasteiger partial charge is 0.378 e. The molecule has 3 nitrogen and oxygen atoms in total. The summed E-state index contributed by atoms with van der Waals surface area (Å²) in [6, 6.07) is 12.6. The van der Waals surface area contributed by atoms with Crippen LogP contribution in [0.1, 0.15) is 49.0 Å². The molecule has 0 aliphatic heterocycles. The number of aryl methyl sites for hydroxylation is 2. The monoisotopic (exact) mass is 282 g/mol. The summed E-state index contributed by atoms with van der Waals surface area (Å²) in [7, 11) is 0. The highest BCUT2D eigenvalue weighted by Crippen LogP contribution is 2.30. The van der Waals surface area contributed by atoms with Gasteiger partial charge in [0.05, 0.1) is 6.04 Å². The Kier molecular flexibility index (Phi) is 4.09. The minimum Gasteiger partial charge on any atom is -0.378 e. The van der Waals surface area contributed by atoms with Crippen molar-refractivity contribution in [1.82, 2.24) is 4.98 Å². The molecule has 1 aromatic carbocycles. The van der Waals surface area contributed by atoms with Crippen molar-refractivity contribution in [2.45, 2.75) is 45.1 Å². The minimum atomic E-state index is -0.00156. The van der Waals surface area contributed by atoms with E-state index in [0.29, 0.717) is 6.04 Å². The average Bonchev–Trinajstić information content (AvgIpc) is 2.49. The van der Waals surface area contributed by atoms with Gasteiger partial charge in [-0.3, -0.25) is 4.79 Å². The molecule has 1 atom stereocenters. The van der Waals surface area contributed by atoms with Crippen LogP contribution in [0.5, 0.6) is 0 Å². The molecule has 0 radical (unpaired) electrons. The summed E-state index contributed by atoms with van der Waals surface area (Å²) in [6.07, 6.45) is 5.50. The third-order valence-corrected chi connectivity index (χ3v) is 4.17. The predicted molar refractivity (Wildman–Crippen MR) is 86.8 cm³/mol. The molecule has 0 fully saturated rings. The van der Waals surface area contributed by atoms with E-state index in [9.17, 15) is 4.79 Å². The Morgan fingerprint density at radius 3 is 2.76 bits per heavy atom. The molecule has 0 amide bonds. The zero-order chi connectivity index (χ0) is 14.7. The van der Waals surface area contributed by atoms with Crippen LogP contribution in [0.3, 0.4) is 0 Å². The number of H-pyrrole nitrogens is 1. The summed E-state index contributed by atoms with van der Waals surface area (Å²) < 4.78 is 0. The Balaban J connectivity index is 1.78. The van der Waals surface area contributed by atoms with E-state index in [1.165, 1.54) is 17.5 Å². The van der Waals surface area contributed by atoms with Crippen molar-refractivity contribution in [2.24, 2.45) is 0 Å². The van der Waals surface area contributed by atoms with Crippen molar-refractivity contribution in [3.8, 4) is 0 Å². The predicted octanol–water partition coefficient (Wildman–Crippen LogP) is 3.82. The highest BCUT2D eigenvalue weighted by molar-refractivity contribution is 5.47. The second-order valence-electron chi connectivity index (χ2n) is 5.79. The molecule has 0 spiro atoms. The number of hydrogen-bond donors (Lipinski definition) is 2. The van der Waals surface area contributed by atoms with Crippen molar-refractivity contribution in [2.75, 3.05) is 5.32 Å². The minimum absolute atomic E-state index is 0.00156. The number of hydrogen-bond acceptors (Lipinski definition) is 2. The van der Waals surface area contributed by atoms with Crippen molar-refractivity contribution in [3.63, 3.8) is 0 Å². The summed E-state index contributed by atoms with van der Waals surface area (Å²) in [4.78, 5) is 14.4. The van der Waals surface area contributed by atoms with E-state index < -0.39 is 0 Å². The molecule has 3 heteroatoms. The quantitative estimate of drug-likeness (QED) is 0.895. The molecule has 1 unspecified atom stereocenters. The molecule has 0 saturated heterocycles. The zero-order valence-electron chi connectivity index (χ0n) is 12.5. The van der Waals surface area contributed by atoms with Crippen LogP contribution in [0, 0.1) is 0 Å². The normalized spacial score (nSPS) is 17.3. The Labute approximate surface area is 125 Å². The fourth-order valence-corrected chi connectivity index (χ4v) is 3.11. The lowest BCUT2D eigenvalue weighted by Gasteiger charge is -2.26. The first-order valence-corrected chi connectivity index (χ1v) is 7.84. The third-order valence-electron chi connectivity index (χ3n) is 4.17. The van der Waals surface area contributed by atoms with Gasteiger partial charge in [-0.05, 0) is 55.0 Å². The molecule has 110 valence electrons. The van der Waals surface area contributed by atoms with Gasteiger partial charge in [0.1, 0.15) is 0 Å². The van der Waals surface area contributed by atoms with Crippen LogP contribution >= 0.6 is 0 Å². The van der Waals surface area contributed by atoms with Gasteiger partial charge in [-0.15, -0.1) is 0 Å². The smallest absolute Gasteiger partial charge is 0.248 e. The molecule has 0 bridgehead atoms. The van der Waals surface area contributed by atoms with Crippen molar-refractivity contribution >= 4 is 5.69 Å². The molecule has 1 heterocycles. The van der Waals surface area contributed by atoms with Crippen LogP contribution in [0.15, 0.2) is 41.2 Å². The van der Waals surface area contributed by atoms with Crippen LogP contribution in [0.4, 0.5) is 5.69 Å². The summed E-state index contributed by atoms with van der Waals surface area (Å²) >= 11 is 0. The number of fused-ring (bicyclic) bond motifs is 1. The SMILES string of the molecule is CCCc1ccc(NC2CCCc3[nH]c(=O)ccc32)cc1. The van der Waals surface area contributed by atoms with Gasteiger partial charge < -0.3 is 10.3 Å². The van der Waals surface area contributed by atoms with Gasteiger partial charge in [0.15, 0.2) is 0 Å². The molecule has 2 N–H and O–H groups in total. The van der Waals surface area contributed by atoms with Gasteiger partial charge in [0.25, 0.3) is 0 Å². The highest BCUT2D eigenvalue weighted by atomic mass is 16.1. The van der Waals surface area contributed by atoms with Crippen LogP contribution in [0.25, 0.3) is 0 Å². The Morgan fingerprint density at radius 2 is 2.00 bits per heavy atom. The summed E-state index contributed by atoms with van der Waals surface area (Å²) in [6.45, 7) is 2.20. The molecular formula is C18H22N2O. The standard InChI is InChI=1S/C18H22N2O/c1-2-4-13-7-9-14(10-8-13)19-16-5-3-6-17-15(16)11-12-18(21)20-17/h7-12,16,19H,2-6H2,1H3,(H,20,21). The van der Waals surface area contributed by atoms with E-state index >= 15 is 0 Å². The van der Waals surface area contributed by atoms with Crippen LogP contribution in [0.2, 0.25) is 0 Å². The lowest BCUT2D eigenvalue weighted by molar-refractivity contribution is 0.587. The van der Waals surface area contributed by atoms with E-state index in [2.05, 4.69) is 41.5 Å². The second kappa shape index (κ2) is 6.17. The highest BCUT2D eigenvalue weighted by Gasteiger charge is 2.20. The Bertz CT molecular complexity index is 658. The Hall–Kier alpha value is -2.03. The number of aromatic amines is 1. The van der Waals surface area contributed by atoms with Crippen molar-refractivity contribution < 1.29 is 0 Å². The second-order valence-corrected chi connectivity index (χ2v) is 5.79. The molecule has 1 aliphatic carbocycles.